The minimum atomic E-state index is -0.783. The molecule has 0 spiro atoms. The van der Waals surface area contributed by atoms with Crippen molar-refractivity contribution in [1.82, 2.24) is 5.32 Å². The fraction of sp³-hybridized carbons (Fsp3) is 0.500. The molecule has 0 aliphatic rings. The molecule has 2 N–H and O–H groups in total. The van der Waals surface area contributed by atoms with Crippen LogP contribution in [0, 0.1) is 11.6 Å². The van der Waals surface area contributed by atoms with E-state index in [-0.39, 0.29) is 12.4 Å². The molecule has 0 aliphatic heterocycles. The minimum absolute atomic E-state index is 0.0669. The number of aliphatic hydroxyl groups excluding tert-OH is 1. The number of ether oxygens (including phenoxy) is 2. The monoisotopic (exact) mass is 261 g/mol. The molecule has 0 heterocycles. The first kappa shape index (κ1) is 14.8. The number of hydrogen-bond acceptors (Lipinski definition) is 4. The van der Waals surface area contributed by atoms with Crippen LogP contribution >= 0.6 is 0 Å². The number of rotatable bonds is 8. The molecule has 4 nitrogen and oxygen atoms in total. The normalized spacial score (nSPS) is 12.4. The molecular weight excluding hydrogens is 244 g/mol. The number of methoxy groups -OCH3 is 1. The van der Waals surface area contributed by atoms with Gasteiger partial charge in [0.25, 0.3) is 0 Å². The van der Waals surface area contributed by atoms with Crippen molar-refractivity contribution in [3.63, 3.8) is 0 Å². The molecule has 0 bridgehead atoms. The highest BCUT2D eigenvalue weighted by atomic mass is 19.1. The fourth-order valence-corrected chi connectivity index (χ4v) is 1.28. The summed E-state index contributed by atoms with van der Waals surface area (Å²) in [5.41, 5.74) is 0. The second-order valence-corrected chi connectivity index (χ2v) is 3.74. The van der Waals surface area contributed by atoms with Crippen LogP contribution in [0.25, 0.3) is 0 Å². The number of nitrogens with one attached hydrogen (secondary N) is 1. The van der Waals surface area contributed by atoms with Crippen LogP contribution in [0.3, 0.4) is 0 Å². The zero-order valence-electron chi connectivity index (χ0n) is 10.2. The molecule has 18 heavy (non-hydrogen) atoms. The molecule has 102 valence electrons. The summed E-state index contributed by atoms with van der Waals surface area (Å²) in [5.74, 6) is -1.52. The zero-order chi connectivity index (χ0) is 13.4. The summed E-state index contributed by atoms with van der Waals surface area (Å²) in [4.78, 5) is 0. The highest BCUT2D eigenvalue weighted by Crippen LogP contribution is 2.17. The van der Waals surface area contributed by atoms with Gasteiger partial charge in [0.1, 0.15) is 18.5 Å². The molecule has 1 aromatic rings. The first-order chi connectivity index (χ1) is 8.63. The van der Waals surface area contributed by atoms with Crippen molar-refractivity contribution in [1.29, 1.82) is 0 Å². The van der Waals surface area contributed by atoms with E-state index in [1.54, 1.807) is 7.11 Å². The fourth-order valence-electron chi connectivity index (χ4n) is 1.28. The van der Waals surface area contributed by atoms with E-state index in [4.69, 9.17) is 9.47 Å². The van der Waals surface area contributed by atoms with Gasteiger partial charge in [-0.25, -0.2) is 8.78 Å². The number of hydrogen-bond donors (Lipinski definition) is 2. The minimum Gasteiger partial charge on any atom is -0.488 e. The number of aliphatic hydroxyl groups is 1. The number of halogens is 2. The molecule has 1 unspecified atom stereocenters. The van der Waals surface area contributed by atoms with Gasteiger partial charge in [0, 0.05) is 26.3 Å². The highest BCUT2D eigenvalue weighted by molar-refractivity contribution is 5.24. The Hall–Kier alpha value is -1.24. The van der Waals surface area contributed by atoms with Crippen LogP contribution in [0.5, 0.6) is 5.75 Å². The maximum absolute atomic E-state index is 13.2. The summed E-state index contributed by atoms with van der Waals surface area (Å²) < 4.78 is 35.7. The van der Waals surface area contributed by atoms with Gasteiger partial charge in [0.2, 0.25) is 0 Å². The van der Waals surface area contributed by atoms with E-state index in [2.05, 4.69) is 5.32 Å². The topological polar surface area (TPSA) is 50.7 Å². The Morgan fingerprint density at radius 2 is 2.17 bits per heavy atom. The molecule has 0 amide bonds. The van der Waals surface area contributed by atoms with Crippen LogP contribution in [0.1, 0.15) is 0 Å². The second kappa shape index (κ2) is 7.97. The van der Waals surface area contributed by atoms with Crippen molar-refractivity contribution >= 4 is 0 Å². The Bertz CT molecular complexity index is 363. The molecule has 0 fully saturated rings. The molecule has 1 atom stereocenters. The Morgan fingerprint density at radius 1 is 1.39 bits per heavy atom. The van der Waals surface area contributed by atoms with Crippen molar-refractivity contribution in [3.8, 4) is 5.75 Å². The zero-order valence-corrected chi connectivity index (χ0v) is 10.2. The lowest BCUT2D eigenvalue weighted by molar-refractivity contribution is 0.101. The Balaban J connectivity index is 2.27. The molecule has 0 saturated carbocycles. The summed E-state index contributed by atoms with van der Waals surface area (Å²) in [6, 6.07) is 3.02. The van der Waals surface area contributed by atoms with E-state index in [0.717, 1.165) is 12.1 Å². The summed E-state index contributed by atoms with van der Waals surface area (Å²) in [5, 5.41) is 12.5. The molecular formula is C12H17F2NO3. The van der Waals surface area contributed by atoms with Crippen LogP contribution in [0.15, 0.2) is 18.2 Å². The summed E-state index contributed by atoms with van der Waals surface area (Å²) >= 11 is 0. The second-order valence-electron chi connectivity index (χ2n) is 3.74. The Kier molecular flexibility index (Phi) is 6.56. The first-order valence-corrected chi connectivity index (χ1v) is 5.59. The van der Waals surface area contributed by atoms with E-state index < -0.39 is 17.7 Å². The van der Waals surface area contributed by atoms with Crippen molar-refractivity contribution < 1.29 is 23.4 Å². The summed E-state index contributed by atoms with van der Waals surface area (Å²) in [7, 11) is 1.58. The van der Waals surface area contributed by atoms with Gasteiger partial charge in [-0.3, -0.25) is 0 Å². The lowest BCUT2D eigenvalue weighted by Crippen LogP contribution is -2.33. The van der Waals surface area contributed by atoms with Crippen molar-refractivity contribution in [2.45, 2.75) is 6.10 Å². The molecule has 0 aromatic heterocycles. The van der Waals surface area contributed by atoms with E-state index in [0.29, 0.717) is 19.7 Å². The Labute approximate surface area is 105 Å². The predicted molar refractivity (Wildman–Crippen MR) is 62.6 cm³/mol. The summed E-state index contributed by atoms with van der Waals surface area (Å²) in [6.07, 6.45) is -0.772. The SMILES string of the molecule is COCCNCC(O)COc1ccc(F)cc1F. The third-order valence-electron chi connectivity index (χ3n) is 2.19. The van der Waals surface area contributed by atoms with Gasteiger partial charge in [-0.2, -0.15) is 0 Å². The van der Waals surface area contributed by atoms with Crippen LogP contribution < -0.4 is 10.1 Å². The molecule has 0 radical (unpaired) electrons. The predicted octanol–water partition coefficient (Wildman–Crippen LogP) is 0.940. The lowest BCUT2D eigenvalue weighted by Gasteiger charge is -2.13. The van der Waals surface area contributed by atoms with Gasteiger partial charge >= 0.3 is 0 Å². The molecule has 0 aliphatic carbocycles. The largest absolute Gasteiger partial charge is 0.488 e. The van der Waals surface area contributed by atoms with Gasteiger partial charge in [-0.15, -0.1) is 0 Å². The first-order valence-electron chi connectivity index (χ1n) is 5.59. The smallest absolute Gasteiger partial charge is 0.167 e. The van der Waals surface area contributed by atoms with Gasteiger partial charge in [0.05, 0.1) is 6.61 Å². The lowest BCUT2D eigenvalue weighted by atomic mass is 10.3. The molecule has 1 rings (SSSR count). The van der Waals surface area contributed by atoms with Gasteiger partial charge < -0.3 is 19.9 Å². The van der Waals surface area contributed by atoms with Crippen LogP contribution in [0.2, 0.25) is 0 Å². The maximum Gasteiger partial charge on any atom is 0.167 e. The van der Waals surface area contributed by atoms with E-state index >= 15 is 0 Å². The third kappa shape index (κ3) is 5.39. The maximum atomic E-state index is 13.2. The van der Waals surface area contributed by atoms with Crippen molar-refractivity contribution in [3.05, 3.63) is 29.8 Å². The number of benzene rings is 1. The third-order valence-corrected chi connectivity index (χ3v) is 2.19. The van der Waals surface area contributed by atoms with Gasteiger partial charge in [0.15, 0.2) is 11.6 Å². The van der Waals surface area contributed by atoms with Crippen LogP contribution in [-0.2, 0) is 4.74 Å². The molecule has 6 heteroatoms. The van der Waals surface area contributed by atoms with E-state index in [9.17, 15) is 13.9 Å². The van der Waals surface area contributed by atoms with Crippen LogP contribution in [-0.4, -0.2) is 44.6 Å². The van der Waals surface area contributed by atoms with Gasteiger partial charge in [-0.1, -0.05) is 0 Å². The molecule has 0 saturated heterocycles. The van der Waals surface area contributed by atoms with Crippen molar-refractivity contribution in [2.75, 3.05) is 33.4 Å². The summed E-state index contributed by atoms with van der Waals surface area (Å²) in [6.45, 7) is 1.40. The van der Waals surface area contributed by atoms with Crippen molar-refractivity contribution in [2.24, 2.45) is 0 Å². The van der Waals surface area contributed by atoms with Crippen LogP contribution in [0.4, 0.5) is 8.78 Å². The standard InChI is InChI=1S/C12H17F2NO3/c1-17-5-4-15-7-10(16)8-18-12-3-2-9(13)6-11(12)14/h2-3,6,10,15-16H,4-5,7-8H2,1H3. The van der Waals surface area contributed by atoms with Gasteiger partial charge in [-0.05, 0) is 12.1 Å². The molecule has 1 aromatic carbocycles. The van der Waals surface area contributed by atoms with E-state index in [1.165, 1.54) is 6.07 Å². The average Bonchev–Trinajstić information content (AvgIpc) is 2.33. The van der Waals surface area contributed by atoms with E-state index in [1.807, 2.05) is 0 Å². The quantitative estimate of drug-likeness (QED) is 0.684. The highest BCUT2D eigenvalue weighted by Gasteiger charge is 2.08. The average molecular weight is 261 g/mol. The Morgan fingerprint density at radius 3 is 2.83 bits per heavy atom.